The van der Waals surface area contributed by atoms with Gasteiger partial charge in [-0.2, -0.15) is 0 Å². The van der Waals surface area contributed by atoms with Crippen molar-refractivity contribution >= 4 is 32.4 Å². The highest BCUT2D eigenvalue weighted by molar-refractivity contribution is 9.11. The summed E-state index contributed by atoms with van der Waals surface area (Å²) in [7, 11) is 3.98. The second kappa shape index (κ2) is 2.88. The third-order valence-electron chi connectivity index (χ3n) is 1.11. The van der Waals surface area contributed by atoms with E-state index in [9.17, 15) is 0 Å². The fourth-order valence-corrected chi connectivity index (χ4v) is 1.80. The molecule has 56 valence electrons. The van der Waals surface area contributed by atoms with Crippen molar-refractivity contribution in [2.24, 2.45) is 0 Å². The summed E-state index contributed by atoms with van der Waals surface area (Å²) in [6.45, 7) is 1.99. The van der Waals surface area contributed by atoms with E-state index in [0.29, 0.717) is 0 Å². The van der Waals surface area contributed by atoms with Gasteiger partial charge >= 0.3 is 0 Å². The molecule has 0 unspecified atom stereocenters. The molecule has 0 atom stereocenters. The molecule has 0 radical (unpaired) electrons. The largest absolute Gasteiger partial charge is 0.354 e. The molecule has 0 spiro atoms. The Bertz CT molecular complexity index is 212. The van der Waals surface area contributed by atoms with E-state index in [-0.39, 0.29) is 0 Å². The lowest BCUT2D eigenvalue weighted by atomic mass is 10.6. The minimum atomic E-state index is 1.05. The highest BCUT2D eigenvalue weighted by atomic mass is 79.9. The number of aryl methyl sites for hydroxylation is 1. The van der Waals surface area contributed by atoms with Gasteiger partial charge in [0.15, 0.2) is 5.13 Å². The summed E-state index contributed by atoms with van der Waals surface area (Å²) in [5.74, 6) is 0. The van der Waals surface area contributed by atoms with Crippen molar-refractivity contribution < 1.29 is 0 Å². The van der Waals surface area contributed by atoms with Crippen molar-refractivity contribution in [2.75, 3.05) is 19.0 Å². The van der Waals surface area contributed by atoms with E-state index < -0.39 is 0 Å². The molecule has 0 aliphatic heterocycles. The van der Waals surface area contributed by atoms with Crippen molar-refractivity contribution in [1.82, 2.24) is 4.98 Å². The van der Waals surface area contributed by atoms with Gasteiger partial charge in [-0.15, -0.1) is 0 Å². The van der Waals surface area contributed by atoms with Gasteiger partial charge in [0, 0.05) is 14.1 Å². The van der Waals surface area contributed by atoms with Crippen molar-refractivity contribution in [3.63, 3.8) is 0 Å². The Morgan fingerprint density at radius 2 is 2.10 bits per heavy atom. The first-order valence-corrected chi connectivity index (χ1v) is 4.52. The quantitative estimate of drug-likeness (QED) is 0.723. The molecule has 0 aromatic carbocycles. The minimum absolute atomic E-state index is 1.05. The normalized spacial score (nSPS) is 10.0. The van der Waals surface area contributed by atoms with Crippen LogP contribution in [0.3, 0.4) is 0 Å². The SMILES string of the molecule is Cc1nc(N(C)C)sc1Br. The van der Waals surface area contributed by atoms with Crippen LogP contribution in [0.2, 0.25) is 0 Å². The lowest BCUT2D eigenvalue weighted by molar-refractivity contribution is 1.08. The van der Waals surface area contributed by atoms with Gasteiger partial charge in [0.2, 0.25) is 0 Å². The lowest BCUT2D eigenvalue weighted by Gasteiger charge is -2.04. The van der Waals surface area contributed by atoms with E-state index in [2.05, 4.69) is 20.9 Å². The fourth-order valence-electron chi connectivity index (χ4n) is 0.556. The molecule has 0 fully saturated rings. The summed E-state index contributed by atoms with van der Waals surface area (Å²) in [5.41, 5.74) is 1.06. The van der Waals surface area contributed by atoms with Crippen LogP contribution in [0.1, 0.15) is 5.69 Å². The Balaban J connectivity index is 2.98. The summed E-state index contributed by atoms with van der Waals surface area (Å²) >= 11 is 5.07. The Kier molecular flexibility index (Phi) is 2.31. The number of aromatic nitrogens is 1. The standard InChI is InChI=1S/C6H9BrN2S/c1-4-5(7)10-6(8-4)9(2)3/h1-3H3. The Morgan fingerprint density at radius 3 is 2.30 bits per heavy atom. The van der Waals surface area contributed by atoms with Crippen LogP contribution >= 0.6 is 27.3 Å². The topological polar surface area (TPSA) is 16.1 Å². The molecule has 0 bridgehead atoms. The summed E-state index contributed by atoms with van der Waals surface area (Å²) in [5, 5.41) is 1.05. The average molecular weight is 221 g/mol. The summed E-state index contributed by atoms with van der Waals surface area (Å²) in [6.07, 6.45) is 0. The number of thiazole rings is 1. The van der Waals surface area contributed by atoms with E-state index in [1.165, 1.54) is 0 Å². The molecule has 0 N–H and O–H groups in total. The molecular formula is C6H9BrN2S. The molecule has 1 rings (SSSR count). The Morgan fingerprint density at radius 1 is 1.50 bits per heavy atom. The first kappa shape index (κ1) is 8.01. The van der Waals surface area contributed by atoms with Gasteiger partial charge in [0.05, 0.1) is 9.48 Å². The molecule has 0 aliphatic carbocycles. The van der Waals surface area contributed by atoms with Crippen LogP contribution in [0.4, 0.5) is 5.13 Å². The van der Waals surface area contributed by atoms with Crippen LogP contribution in [0.5, 0.6) is 0 Å². The van der Waals surface area contributed by atoms with Crippen LogP contribution < -0.4 is 4.90 Å². The van der Waals surface area contributed by atoms with E-state index in [1.54, 1.807) is 11.3 Å². The average Bonchev–Trinajstić information content (AvgIpc) is 2.13. The molecule has 1 aromatic heterocycles. The maximum Gasteiger partial charge on any atom is 0.186 e. The molecule has 0 saturated carbocycles. The molecule has 4 heteroatoms. The first-order valence-electron chi connectivity index (χ1n) is 2.91. The van der Waals surface area contributed by atoms with Gasteiger partial charge in [-0.05, 0) is 22.9 Å². The molecule has 0 amide bonds. The number of nitrogens with zero attached hydrogens (tertiary/aromatic N) is 2. The Hall–Kier alpha value is -0.0900. The van der Waals surface area contributed by atoms with Crippen LogP contribution in [-0.4, -0.2) is 19.1 Å². The van der Waals surface area contributed by atoms with Crippen LogP contribution in [0.25, 0.3) is 0 Å². The van der Waals surface area contributed by atoms with Crippen LogP contribution in [-0.2, 0) is 0 Å². The summed E-state index contributed by atoms with van der Waals surface area (Å²) in [6, 6.07) is 0. The first-order chi connectivity index (χ1) is 4.61. The molecule has 10 heavy (non-hydrogen) atoms. The third kappa shape index (κ3) is 1.49. The number of anilines is 1. The summed E-state index contributed by atoms with van der Waals surface area (Å²) < 4.78 is 1.12. The Labute approximate surface area is 73.0 Å². The molecular weight excluding hydrogens is 212 g/mol. The highest BCUT2D eigenvalue weighted by Crippen LogP contribution is 2.28. The van der Waals surface area contributed by atoms with Crippen molar-refractivity contribution in [2.45, 2.75) is 6.92 Å². The third-order valence-corrected chi connectivity index (χ3v) is 3.28. The smallest absolute Gasteiger partial charge is 0.186 e. The minimum Gasteiger partial charge on any atom is -0.354 e. The van der Waals surface area contributed by atoms with Gasteiger partial charge in [-0.25, -0.2) is 4.98 Å². The predicted octanol–water partition coefficient (Wildman–Crippen LogP) is 2.28. The fraction of sp³-hybridized carbons (Fsp3) is 0.500. The predicted molar refractivity (Wildman–Crippen MR) is 48.9 cm³/mol. The van der Waals surface area contributed by atoms with E-state index >= 15 is 0 Å². The zero-order chi connectivity index (χ0) is 7.72. The second-order valence-corrected chi connectivity index (χ2v) is 4.55. The van der Waals surface area contributed by atoms with Crippen molar-refractivity contribution in [1.29, 1.82) is 0 Å². The summed E-state index contributed by atoms with van der Waals surface area (Å²) in [4.78, 5) is 6.31. The number of hydrogen-bond donors (Lipinski definition) is 0. The number of halogens is 1. The second-order valence-electron chi connectivity index (χ2n) is 2.25. The number of hydrogen-bond acceptors (Lipinski definition) is 3. The van der Waals surface area contributed by atoms with Gasteiger partial charge in [0.1, 0.15) is 0 Å². The molecule has 2 nitrogen and oxygen atoms in total. The monoisotopic (exact) mass is 220 g/mol. The van der Waals surface area contributed by atoms with E-state index in [0.717, 1.165) is 14.6 Å². The van der Waals surface area contributed by atoms with E-state index in [4.69, 9.17) is 0 Å². The molecule has 1 aromatic rings. The maximum atomic E-state index is 4.31. The molecule has 0 saturated heterocycles. The van der Waals surface area contributed by atoms with Gasteiger partial charge in [-0.3, -0.25) is 0 Å². The van der Waals surface area contributed by atoms with Gasteiger partial charge < -0.3 is 4.90 Å². The van der Waals surface area contributed by atoms with Gasteiger partial charge in [0.25, 0.3) is 0 Å². The lowest BCUT2D eigenvalue weighted by Crippen LogP contribution is -2.07. The van der Waals surface area contributed by atoms with Crippen molar-refractivity contribution in [3.05, 3.63) is 9.48 Å². The van der Waals surface area contributed by atoms with Gasteiger partial charge in [-0.1, -0.05) is 11.3 Å². The molecule has 0 aliphatic rings. The zero-order valence-electron chi connectivity index (χ0n) is 6.18. The van der Waals surface area contributed by atoms with E-state index in [1.807, 2.05) is 25.9 Å². The molecule has 1 heterocycles. The highest BCUT2D eigenvalue weighted by Gasteiger charge is 2.04. The van der Waals surface area contributed by atoms with Crippen LogP contribution in [0.15, 0.2) is 3.79 Å². The zero-order valence-corrected chi connectivity index (χ0v) is 8.58. The number of rotatable bonds is 1. The van der Waals surface area contributed by atoms with Crippen molar-refractivity contribution in [3.8, 4) is 0 Å². The maximum absolute atomic E-state index is 4.31. The van der Waals surface area contributed by atoms with Crippen LogP contribution in [0, 0.1) is 6.92 Å².